The minimum Gasteiger partial charge on any atom is -0.435 e. The summed E-state index contributed by atoms with van der Waals surface area (Å²) in [7, 11) is 0. The second-order valence-corrected chi connectivity index (χ2v) is 10.9. The molecule has 1 heterocycles. The zero-order chi connectivity index (χ0) is 29.3. The highest BCUT2D eigenvalue weighted by Crippen LogP contribution is 2.39. The third kappa shape index (κ3) is 4.81. The van der Waals surface area contributed by atoms with E-state index >= 15 is 0 Å². The van der Waals surface area contributed by atoms with E-state index in [1.54, 1.807) is 0 Å². The van der Waals surface area contributed by atoms with Gasteiger partial charge in [-0.1, -0.05) is 115 Å². The van der Waals surface area contributed by atoms with E-state index in [-0.39, 0.29) is 0 Å². The SMILES string of the molecule is c1ccc(-c2cccc(N(c3ccccc3)c3ccc(-c4cccc5nc(-c6ccc7ccccc7c6)oc45)cc3)c2)cc1. The number of hydrogen-bond donors (Lipinski definition) is 0. The predicted octanol–water partition coefficient (Wildman–Crippen LogP) is 11.5. The van der Waals surface area contributed by atoms with Crippen LogP contribution in [0, 0.1) is 0 Å². The van der Waals surface area contributed by atoms with E-state index in [4.69, 9.17) is 9.40 Å². The normalized spacial score (nSPS) is 11.2. The van der Waals surface area contributed by atoms with Gasteiger partial charge < -0.3 is 9.32 Å². The molecule has 0 N–H and O–H groups in total. The van der Waals surface area contributed by atoms with E-state index in [1.165, 1.54) is 21.9 Å². The summed E-state index contributed by atoms with van der Waals surface area (Å²) < 4.78 is 6.44. The summed E-state index contributed by atoms with van der Waals surface area (Å²) in [6.07, 6.45) is 0. The van der Waals surface area contributed by atoms with Crippen molar-refractivity contribution in [1.29, 1.82) is 0 Å². The second kappa shape index (κ2) is 11.0. The Morgan fingerprint density at radius 3 is 1.86 bits per heavy atom. The second-order valence-electron chi connectivity index (χ2n) is 10.9. The van der Waals surface area contributed by atoms with Gasteiger partial charge in [0.25, 0.3) is 0 Å². The van der Waals surface area contributed by atoms with E-state index < -0.39 is 0 Å². The molecule has 0 radical (unpaired) electrons. The van der Waals surface area contributed by atoms with Crippen molar-refractivity contribution in [2.45, 2.75) is 0 Å². The van der Waals surface area contributed by atoms with E-state index in [0.29, 0.717) is 5.89 Å². The third-order valence-corrected chi connectivity index (χ3v) is 8.07. The zero-order valence-electron chi connectivity index (χ0n) is 24.0. The fourth-order valence-electron chi connectivity index (χ4n) is 5.89. The van der Waals surface area contributed by atoms with Gasteiger partial charge >= 0.3 is 0 Å². The van der Waals surface area contributed by atoms with Gasteiger partial charge in [-0.05, 0) is 82.1 Å². The van der Waals surface area contributed by atoms with Crippen LogP contribution in [0.5, 0.6) is 0 Å². The summed E-state index contributed by atoms with van der Waals surface area (Å²) in [6, 6.07) is 59.2. The van der Waals surface area contributed by atoms with Gasteiger partial charge in [-0.25, -0.2) is 4.98 Å². The Bertz CT molecular complexity index is 2220. The number of anilines is 3. The first-order chi connectivity index (χ1) is 21.8. The molecule has 0 saturated carbocycles. The molecule has 3 nitrogen and oxygen atoms in total. The van der Waals surface area contributed by atoms with Crippen molar-refractivity contribution in [2.75, 3.05) is 4.90 Å². The Kier molecular flexibility index (Phi) is 6.47. The average molecular weight is 565 g/mol. The molecule has 3 heteroatoms. The molecule has 8 rings (SSSR count). The Hall–Kier alpha value is -5.93. The number of para-hydroxylation sites is 2. The van der Waals surface area contributed by atoms with E-state index in [2.05, 4.69) is 163 Å². The van der Waals surface area contributed by atoms with Gasteiger partial charge in [-0.15, -0.1) is 0 Å². The van der Waals surface area contributed by atoms with Gasteiger partial charge in [0.1, 0.15) is 5.52 Å². The van der Waals surface area contributed by atoms with Crippen LogP contribution in [-0.4, -0.2) is 4.98 Å². The fourth-order valence-corrected chi connectivity index (χ4v) is 5.89. The van der Waals surface area contributed by atoms with Crippen LogP contribution >= 0.6 is 0 Å². The zero-order valence-corrected chi connectivity index (χ0v) is 24.0. The van der Waals surface area contributed by atoms with Crippen molar-refractivity contribution in [2.24, 2.45) is 0 Å². The lowest BCUT2D eigenvalue weighted by molar-refractivity contribution is 0.621. The first kappa shape index (κ1) is 25.8. The minimum atomic E-state index is 0.628. The van der Waals surface area contributed by atoms with Crippen LogP contribution in [0.25, 0.3) is 55.6 Å². The van der Waals surface area contributed by atoms with Crippen molar-refractivity contribution in [3.8, 4) is 33.7 Å². The van der Waals surface area contributed by atoms with E-state index in [1.807, 2.05) is 12.1 Å². The van der Waals surface area contributed by atoms with Gasteiger partial charge in [0.05, 0.1) is 0 Å². The molecule has 1 aromatic heterocycles. The first-order valence-electron chi connectivity index (χ1n) is 14.8. The predicted molar refractivity (Wildman–Crippen MR) is 183 cm³/mol. The number of oxazole rings is 1. The number of benzene rings is 7. The number of aromatic nitrogens is 1. The molecule has 0 spiro atoms. The molecule has 0 aliphatic carbocycles. The molecule has 0 fully saturated rings. The summed E-state index contributed by atoms with van der Waals surface area (Å²) in [5.74, 6) is 0.628. The highest BCUT2D eigenvalue weighted by Gasteiger charge is 2.16. The van der Waals surface area contributed by atoms with Gasteiger partial charge in [-0.3, -0.25) is 0 Å². The van der Waals surface area contributed by atoms with Crippen molar-refractivity contribution in [3.63, 3.8) is 0 Å². The molecule has 0 unspecified atom stereocenters. The van der Waals surface area contributed by atoms with Crippen molar-refractivity contribution in [3.05, 3.63) is 170 Å². The maximum Gasteiger partial charge on any atom is 0.227 e. The van der Waals surface area contributed by atoms with E-state index in [0.717, 1.165) is 44.9 Å². The summed E-state index contributed by atoms with van der Waals surface area (Å²) in [6.45, 7) is 0. The molecule has 0 aliphatic heterocycles. The lowest BCUT2D eigenvalue weighted by atomic mass is 10.0. The Morgan fingerprint density at radius 2 is 1.05 bits per heavy atom. The lowest BCUT2D eigenvalue weighted by Gasteiger charge is -2.26. The molecular formula is C41H28N2O. The van der Waals surface area contributed by atoms with Crippen LogP contribution in [0.15, 0.2) is 174 Å². The molecule has 0 aliphatic rings. The van der Waals surface area contributed by atoms with Crippen LogP contribution in [0.1, 0.15) is 0 Å². The smallest absolute Gasteiger partial charge is 0.227 e. The van der Waals surface area contributed by atoms with Crippen LogP contribution < -0.4 is 4.90 Å². The number of fused-ring (bicyclic) bond motifs is 2. The molecule has 44 heavy (non-hydrogen) atoms. The van der Waals surface area contributed by atoms with Crippen LogP contribution in [0.3, 0.4) is 0 Å². The highest BCUT2D eigenvalue weighted by atomic mass is 16.3. The van der Waals surface area contributed by atoms with Crippen molar-refractivity contribution >= 4 is 38.9 Å². The lowest BCUT2D eigenvalue weighted by Crippen LogP contribution is -2.09. The molecule has 0 amide bonds. The van der Waals surface area contributed by atoms with Gasteiger partial charge in [0, 0.05) is 28.2 Å². The van der Waals surface area contributed by atoms with E-state index in [9.17, 15) is 0 Å². The molecule has 0 atom stereocenters. The van der Waals surface area contributed by atoms with Crippen LogP contribution in [0.2, 0.25) is 0 Å². The Labute approximate surface area is 256 Å². The number of hydrogen-bond acceptors (Lipinski definition) is 3. The molecule has 0 bridgehead atoms. The molecule has 208 valence electrons. The summed E-state index contributed by atoms with van der Waals surface area (Å²) >= 11 is 0. The number of rotatable bonds is 6. The fraction of sp³-hybridized carbons (Fsp3) is 0. The van der Waals surface area contributed by atoms with Crippen LogP contribution in [0.4, 0.5) is 17.1 Å². The minimum absolute atomic E-state index is 0.628. The molecular weight excluding hydrogens is 536 g/mol. The van der Waals surface area contributed by atoms with Gasteiger partial charge in [0.2, 0.25) is 5.89 Å². The standard InChI is InChI=1S/C41H28N2O/c1-3-11-29(12-4-1)33-15-9-18-37(28-33)43(35-16-5-2-6-17-35)36-25-23-31(24-26-36)38-19-10-20-39-40(38)44-41(42-39)34-22-21-30-13-7-8-14-32(30)27-34/h1-28H. The number of nitrogens with zero attached hydrogens (tertiary/aromatic N) is 2. The summed E-state index contributed by atoms with van der Waals surface area (Å²) in [4.78, 5) is 7.15. The monoisotopic (exact) mass is 564 g/mol. The van der Waals surface area contributed by atoms with Gasteiger partial charge in [0.15, 0.2) is 5.58 Å². The summed E-state index contributed by atoms with van der Waals surface area (Å²) in [5, 5.41) is 2.37. The van der Waals surface area contributed by atoms with Crippen molar-refractivity contribution in [1.82, 2.24) is 4.98 Å². The maximum absolute atomic E-state index is 6.44. The van der Waals surface area contributed by atoms with Crippen molar-refractivity contribution < 1.29 is 4.42 Å². The maximum atomic E-state index is 6.44. The quantitative estimate of drug-likeness (QED) is 0.201. The highest BCUT2D eigenvalue weighted by molar-refractivity contribution is 5.93. The van der Waals surface area contributed by atoms with Gasteiger partial charge in [-0.2, -0.15) is 0 Å². The summed E-state index contributed by atoms with van der Waals surface area (Å²) in [5.41, 5.74) is 10.4. The molecule has 0 saturated heterocycles. The Morgan fingerprint density at radius 1 is 0.409 bits per heavy atom. The third-order valence-electron chi connectivity index (χ3n) is 8.07. The largest absolute Gasteiger partial charge is 0.435 e. The molecule has 7 aromatic carbocycles. The van der Waals surface area contributed by atoms with Crippen LogP contribution in [-0.2, 0) is 0 Å². The molecule has 8 aromatic rings. The first-order valence-corrected chi connectivity index (χ1v) is 14.8. The topological polar surface area (TPSA) is 29.3 Å². The Balaban J connectivity index is 1.17. The average Bonchev–Trinajstić information content (AvgIpc) is 3.55.